The molecule has 1 aliphatic heterocycles. The average molecular weight is 518 g/mol. The zero-order valence-corrected chi connectivity index (χ0v) is 21.1. The lowest BCUT2D eigenvalue weighted by Gasteiger charge is -2.27. The van der Waals surface area contributed by atoms with Gasteiger partial charge in [0.05, 0.1) is 19.3 Å². The number of carbonyl (C=O) groups excluding carboxylic acids is 1. The maximum absolute atomic E-state index is 13.1. The number of nitrogens with one attached hydrogen (secondary N) is 1. The van der Waals surface area contributed by atoms with E-state index < -0.39 is 12.0 Å². The zero-order valence-electron chi connectivity index (χ0n) is 19.5. The largest absolute Gasteiger partial charge is 0.493 e. The SMILES string of the molecule is CCCCOC(=O)C1=C(C)Nc2nnnn2C1c1ccc(OCc2c(Cl)cccc2Cl)c(OC)c1. The number of hydrogen-bond acceptors (Lipinski definition) is 8. The van der Waals surface area contributed by atoms with Gasteiger partial charge in [-0.3, -0.25) is 0 Å². The highest BCUT2D eigenvalue weighted by Crippen LogP contribution is 2.39. The molecule has 184 valence electrons. The van der Waals surface area contributed by atoms with Crippen LogP contribution in [-0.4, -0.2) is 39.9 Å². The molecule has 3 aromatic rings. The Morgan fingerprint density at radius 3 is 2.66 bits per heavy atom. The molecule has 1 aliphatic rings. The number of hydrogen-bond donors (Lipinski definition) is 1. The highest BCUT2D eigenvalue weighted by atomic mass is 35.5. The van der Waals surface area contributed by atoms with Crippen LogP contribution in [0.3, 0.4) is 0 Å². The van der Waals surface area contributed by atoms with Crippen LogP contribution in [0.2, 0.25) is 10.0 Å². The van der Waals surface area contributed by atoms with Crippen LogP contribution in [0.5, 0.6) is 11.5 Å². The number of methoxy groups -OCH3 is 1. The van der Waals surface area contributed by atoms with Crippen LogP contribution in [0, 0.1) is 0 Å². The third-order valence-corrected chi connectivity index (χ3v) is 6.31. The molecule has 0 spiro atoms. The summed E-state index contributed by atoms with van der Waals surface area (Å²) < 4.78 is 18.6. The second kappa shape index (κ2) is 11.0. The molecule has 1 unspecified atom stereocenters. The van der Waals surface area contributed by atoms with Crippen molar-refractivity contribution in [3.8, 4) is 11.5 Å². The van der Waals surface area contributed by atoms with Crippen molar-refractivity contribution in [2.45, 2.75) is 39.3 Å². The maximum atomic E-state index is 13.1. The summed E-state index contributed by atoms with van der Waals surface area (Å²) in [5.41, 5.74) is 2.43. The minimum Gasteiger partial charge on any atom is -0.493 e. The van der Waals surface area contributed by atoms with Gasteiger partial charge in [0.25, 0.3) is 0 Å². The molecule has 0 radical (unpaired) electrons. The molecular formula is C24H25Cl2N5O4. The van der Waals surface area contributed by atoms with Crippen molar-refractivity contribution < 1.29 is 19.0 Å². The molecule has 0 saturated heterocycles. The fourth-order valence-corrected chi connectivity index (χ4v) is 4.27. The van der Waals surface area contributed by atoms with Gasteiger partial charge >= 0.3 is 5.97 Å². The molecule has 9 nitrogen and oxygen atoms in total. The van der Waals surface area contributed by atoms with Gasteiger partial charge in [-0.25, -0.2) is 4.79 Å². The minimum atomic E-state index is -0.615. The van der Waals surface area contributed by atoms with E-state index in [1.54, 1.807) is 49.0 Å². The summed E-state index contributed by atoms with van der Waals surface area (Å²) in [6.07, 6.45) is 1.70. The Labute approximate surface area is 213 Å². The molecule has 0 fully saturated rings. The normalized spacial score (nSPS) is 14.8. The number of benzene rings is 2. The third-order valence-electron chi connectivity index (χ3n) is 5.60. The van der Waals surface area contributed by atoms with Crippen molar-refractivity contribution in [2.24, 2.45) is 0 Å². The van der Waals surface area contributed by atoms with Gasteiger partial charge in [-0.05, 0) is 53.6 Å². The summed E-state index contributed by atoms with van der Waals surface area (Å²) in [6, 6.07) is 10.1. The molecule has 1 N–H and O–H groups in total. The molecule has 0 aliphatic carbocycles. The van der Waals surface area contributed by atoms with Gasteiger partial charge in [-0.1, -0.05) is 53.8 Å². The molecule has 2 heterocycles. The Bertz CT molecular complexity index is 1240. The topological polar surface area (TPSA) is 100 Å². The molecule has 1 aromatic heterocycles. The fourth-order valence-electron chi connectivity index (χ4n) is 3.77. The number of unbranched alkanes of at least 4 members (excludes halogenated alkanes) is 1. The van der Waals surface area contributed by atoms with E-state index in [1.165, 1.54) is 0 Å². The maximum Gasteiger partial charge on any atom is 0.338 e. The minimum absolute atomic E-state index is 0.159. The third kappa shape index (κ3) is 5.21. The number of aromatic nitrogens is 4. The zero-order chi connectivity index (χ0) is 24.9. The fraction of sp³-hybridized carbons (Fsp3) is 0.333. The van der Waals surface area contributed by atoms with Crippen molar-refractivity contribution in [1.82, 2.24) is 20.2 Å². The van der Waals surface area contributed by atoms with E-state index in [0.717, 1.165) is 18.4 Å². The van der Waals surface area contributed by atoms with Crippen LogP contribution in [0.15, 0.2) is 47.7 Å². The second-order valence-electron chi connectivity index (χ2n) is 7.90. The van der Waals surface area contributed by atoms with Crippen LogP contribution in [-0.2, 0) is 16.1 Å². The van der Waals surface area contributed by atoms with Crippen molar-refractivity contribution in [3.05, 3.63) is 68.8 Å². The van der Waals surface area contributed by atoms with Crippen LogP contribution in [0.4, 0.5) is 5.95 Å². The van der Waals surface area contributed by atoms with Gasteiger partial charge in [-0.15, -0.1) is 0 Å². The van der Waals surface area contributed by atoms with Gasteiger partial charge in [-0.2, -0.15) is 4.68 Å². The Morgan fingerprint density at radius 1 is 1.17 bits per heavy atom. The molecule has 1 atom stereocenters. The standard InChI is InChI=1S/C24H25Cl2N5O4/c1-4-5-11-34-23(32)21-14(2)27-24-28-29-30-31(24)22(21)15-9-10-19(20(12-15)33-3)35-13-16-17(25)7-6-8-18(16)26/h6-10,12,22H,4-5,11,13H2,1-3H3,(H,27,28,30). The second-order valence-corrected chi connectivity index (χ2v) is 8.72. The lowest BCUT2D eigenvalue weighted by Crippen LogP contribution is -2.30. The number of allylic oxidation sites excluding steroid dienone is 1. The summed E-state index contributed by atoms with van der Waals surface area (Å²) in [5, 5.41) is 16.0. The first kappa shape index (κ1) is 24.8. The van der Waals surface area contributed by atoms with E-state index in [1.807, 2.05) is 13.0 Å². The van der Waals surface area contributed by atoms with Gasteiger partial charge in [0.1, 0.15) is 12.6 Å². The predicted octanol–water partition coefficient (Wildman–Crippen LogP) is 5.20. The van der Waals surface area contributed by atoms with Crippen LogP contribution >= 0.6 is 23.2 Å². The Morgan fingerprint density at radius 2 is 1.94 bits per heavy atom. The summed E-state index contributed by atoms with van der Waals surface area (Å²) in [6.45, 7) is 4.32. The highest BCUT2D eigenvalue weighted by Gasteiger charge is 2.35. The number of fused-ring (bicyclic) bond motifs is 1. The molecule has 0 amide bonds. The average Bonchev–Trinajstić information content (AvgIpc) is 3.31. The summed E-state index contributed by atoms with van der Waals surface area (Å²) in [5.74, 6) is 0.952. The van der Waals surface area contributed by atoms with Crippen molar-refractivity contribution in [3.63, 3.8) is 0 Å². The first-order chi connectivity index (χ1) is 16.9. The van der Waals surface area contributed by atoms with E-state index in [-0.39, 0.29) is 6.61 Å². The first-order valence-corrected chi connectivity index (χ1v) is 11.9. The summed E-state index contributed by atoms with van der Waals surface area (Å²) in [7, 11) is 1.54. The molecular weight excluding hydrogens is 493 g/mol. The summed E-state index contributed by atoms with van der Waals surface area (Å²) >= 11 is 12.5. The van der Waals surface area contributed by atoms with Crippen LogP contribution < -0.4 is 14.8 Å². The monoisotopic (exact) mass is 517 g/mol. The van der Waals surface area contributed by atoms with E-state index >= 15 is 0 Å². The Kier molecular flexibility index (Phi) is 7.77. The summed E-state index contributed by atoms with van der Waals surface area (Å²) in [4.78, 5) is 13.1. The van der Waals surface area contributed by atoms with Gasteiger partial charge in [0.2, 0.25) is 5.95 Å². The van der Waals surface area contributed by atoms with Gasteiger partial charge < -0.3 is 19.5 Å². The molecule has 11 heteroatoms. The quantitative estimate of drug-likeness (QED) is 0.305. The number of anilines is 1. The Hall–Kier alpha value is -3.30. The number of halogens is 2. The van der Waals surface area contributed by atoms with E-state index in [9.17, 15) is 4.79 Å². The van der Waals surface area contributed by atoms with E-state index in [4.69, 9.17) is 37.4 Å². The molecule has 35 heavy (non-hydrogen) atoms. The number of rotatable bonds is 9. The predicted molar refractivity (Wildman–Crippen MR) is 132 cm³/mol. The molecule has 4 rings (SSSR count). The smallest absolute Gasteiger partial charge is 0.338 e. The lowest BCUT2D eigenvalue weighted by molar-refractivity contribution is -0.139. The first-order valence-electron chi connectivity index (χ1n) is 11.1. The van der Waals surface area contributed by atoms with Gasteiger partial charge in [0.15, 0.2) is 11.5 Å². The van der Waals surface area contributed by atoms with Crippen LogP contribution in [0.1, 0.15) is 43.9 Å². The van der Waals surface area contributed by atoms with Gasteiger partial charge in [0, 0.05) is 21.3 Å². The van der Waals surface area contributed by atoms with E-state index in [2.05, 4.69) is 20.8 Å². The number of nitrogens with zero attached hydrogens (tertiary/aromatic N) is 4. The molecule has 0 bridgehead atoms. The number of tetrazole rings is 1. The lowest BCUT2D eigenvalue weighted by atomic mass is 9.95. The van der Waals surface area contributed by atoms with E-state index in [0.29, 0.717) is 50.9 Å². The van der Waals surface area contributed by atoms with Crippen molar-refractivity contribution >= 4 is 35.1 Å². The molecule has 2 aromatic carbocycles. The number of esters is 1. The molecule has 0 saturated carbocycles. The van der Waals surface area contributed by atoms with Crippen molar-refractivity contribution in [1.29, 1.82) is 0 Å². The Balaban J connectivity index is 1.66. The van der Waals surface area contributed by atoms with Crippen molar-refractivity contribution in [2.75, 3.05) is 19.0 Å². The highest BCUT2D eigenvalue weighted by molar-refractivity contribution is 6.35. The number of carbonyl (C=O) groups is 1. The number of ether oxygens (including phenoxy) is 3. The van der Waals surface area contributed by atoms with Crippen LogP contribution in [0.25, 0.3) is 0 Å².